The summed E-state index contributed by atoms with van der Waals surface area (Å²) in [4.78, 5) is 33.4. The summed E-state index contributed by atoms with van der Waals surface area (Å²) >= 11 is 6.29. The van der Waals surface area contributed by atoms with Crippen molar-refractivity contribution in [3.8, 4) is 0 Å². The van der Waals surface area contributed by atoms with E-state index in [4.69, 9.17) is 25.8 Å². The van der Waals surface area contributed by atoms with Crippen LogP contribution in [0.2, 0.25) is 5.02 Å². The lowest BCUT2D eigenvalue weighted by molar-refractivity contribution is -0.143. The second-order valence-electron chi connectivity index (χ2n) is 9.46. The molecule has 0 aliphatic carbocycles. The van der Waals surface area contributed by atoms with Gasteiger partial charge in [0.15, 0.2) is 0 Å². The van der Waals surface area contributed by atoms with Crippen molar-refractivity contribution in [1.82, 2.24) is 9.80 Å². The highest BCUT2D eigenvalue weighted by Crippen LogP contribution is 2.37. The number of carbonyl (C=O) groups excluding carboxylic acids is 2. The van der Waals surface area contributed by atoms with Crippen molar-refractivity contribution in [3.63, 3.8) is 0 Å². The van der Waals surface area contributed by atoms with Crippen LogP contribution in [0.5, 0.6) is 0 Å². The Morgan fingerprint density at radius 3 is 2.50 bits per heavy atom. The Balaban J connectivity index is 2.34. The Morgan fingerprint density at radius 2 is 1.94 bits per heavy atom. The molecule has 1 amide bonds. The molecule has 0 radical (unpaired) electrons. The number of nitrogens with zero attached hydrogens (tertiary/aromatic N) is 3. The Hall–Kier alpha value is -2.74. The summed E-state index contributed by atoms with van der Waals surface area (Å²) in [5.74, 6) is -0.438. The summed E-state index contributed by atoms with van der Waals surface area (Å²) < 4.78 is 16.6. The van der Waals surface area contributed by atoms with Crippen molar-refractivity contribution >= 4 is 29.7 Å². The topological polar surface area (TPSA) is 80.7 Å². The average Bonchev–Trinajstić information content (AvgIpc) is 2.71. The zero-order chi connectivity index (χ0) is 25.6. The fourth-order valence-corrected chi connectivity index (χ4v) is 3.79. The van der Waals surface area contributed by atoms with Crippen LogP contribution in [0.1, 0.15) is 59.6 Å². The molecular formula is C25H36ClN3O5. The van der Waals surface area contributed by atoms with Gasteiger partial charge in [0, 0.05) is 25.2 Å². The molecule has 188 valence electrons. The molecule has 0 saturated heterocycles. The largest absolute Gasteiger partial charge is 0.468 e. The molecule has 1 aliphatic rings. The highest BCUT2D eigenvalue weighted by molar-refractivity contribution is 6.30. The molecule has 34 heavy (non-hydrogen) atoms. The van der Waals surface area contributed by atoms with E-state index in [2.05, 4.69) is 4.99 Å². The standard InChI is InChI=1S/C25H36ClN3O5/c1-16(2)33-22(30)20-17(3)27-23(32-8)29(21(20)18-11-9-12-19(26)15-18)14-10-13-28(7)24(31)34-25(4,5)6/h9,11-12,15-16,21H,10,13-14H2,1-8H3. The van der Waals surface area contributed by atoms with Crippen LogP contribution in [0.3, 0.4) is 0 Å². The predicted octanol–water partition coefficient (Wildman–Crippen LogP) is 5.18. The first kappa shape index (κ1) is 27.5. The molecule has 9 heteroatoms. The van der Waals surface area contributed by atoms with Crippen LogP contribution < -0.4 is 0 Å². The van der Waals surface area contributed by atoms with Gasteiger partial charge in [-0.2, -0.15) is 0 Å². The van der Waals surface area contributed by atoms with E-state index in [1.54, 1.807) is 41.0 Å². The molecule has 1 unspecified atom stereocenters. The molecule has 1 heterocycles. The van der Waals surface area contributed by atoms with Gasteiger partial charge in [0.2, 0.25) is 0 Å². The van der Waals surface area contributed by atoms with Crippen LogP contribution in [0.25, 0.3) is 0 Å². The minimum Gasteiger partial charge on any atom is -0.468 e. The van der Waals surface area contributed by atoms with E-state index in [0.717, 1.165) is 5.56 Å². The summed E-state index contributed by atoms with van der Waals surface area (Å²) in [6, 6.07) is 7.21. The first-order valence-electron chi connectivity index (χ1n) is 11.3. The first-order valence-corrected chi connectivity index (χ1v) is 11.7. The number of amidine groups is 1. The van der Waals surface area contributed by atoms with E-state index in [0.29, 0.717) is 41.8 Å². The summed E-state index contributed by atoms with van der Waals surface area (Å²) in [6.07, 6.45) is -0.0903. The number of esters is 1. The minimum atomic E-state index is -0.570. The fraction of sp³-hybridized carbons (Fsp3) is 0.560. The maximum atomic E-state index is 13.1. The van der Waals surface area contributed by atoms with Gasteiger partial charge >= 0.3 is 12.1 Å². The molecule has 0 N–H and O–H groups in total. The van der Waals surface area contributed by atoms with Crippen molar-refractivity contribution < 1.29 is 23.8 Å². The highest BCUT2D eigenvalue weighted by atomic mass is 35.5. The fourth-order valence-electron chi connectivity index (χ4n) is 3.59. The lowest BCUT2D eigenvalue weighted by Gasteiger charge is -2.38. The molecule has 0 saturated carbocycles. The maximum Gasteiger partial charge on any atom is 0.410 e. The molecule has 2 rings (SSSR count). The van der Waals surface area contributed by atoms with Crippen LogP contribution in [0, 0.1) is 0 Å². The van der Waals surface area contributed by atoms with Gasteiger partial charge in [-0.25, -0.2) is 14.6 Å². The van der Waals surface area contributed by atoms with Crippen molar-refractivity contribution in [2.45, 2.75) is 65.7 Å². The Morgan fingerprint density at radius 1 is 1.26 bits per heavy atom. The van der Waals surface area contributed by atoms with Crippen molar-refractivity contribution in [2.24, 2.45) is 4.99 Å². The lowest BCUT2D eigenvalue weighted by Crippen LogP contribution is -2.43. The Bertz CT molecular complexity index is 952. The molecule has 8 nitrogen and oxygen atoms in total. The second kappa shape index (κ2) is 11.6. The molecule has 1 aromatic carbocycles. The van der Waals surface area contributed by atoms with E-state index >= 15 is 0 Å². The van der Waals surface area contributed by atoms with Crippen molar-refractivity contribution in [3.05, 3.63) is 46.1 Å². The number of halogens is 1. The zero-order valence-corrected chi connectivity index (χ0v) is 22.1. The molecule has 0 aromatic heterocycles. The number of hydrogen-bond donors (Lipinski definition) is 0. The molecule has 0 bridgehead atoms. The number of hydrogen-bond acceptors (Lipinski definition) is 7. The number of allylic oxidation sites excluding steroid dienone is 1. The van der Waals surface area contributed by atoms with Gasteiger partial charge in [0.25, 0.3) is 6.02 Å². The number of ether oxygens (including phenoxy) is 3. The van der Waals surface area contributed by atoms with Gasteiger partial charge < -0.3 is 24.0 Å². The molecule has 1 aliphatic heterocycles. The van der Waals surface area contributed by atoms with E-state index < -0.39 is 23.7 Å². The third kappa shape index (κ3) is 7.38. The van der Waals surface area contributed by atoms with Gasteiger partial charge in [0.1, 0.15) is 5.60 Å². The summed E-state index contributed by atoms with van der Waals surface area (Å²) in [6.45, 7) is 11.8. The van der Waals surface area contributed by atoms with Gasteiger partial charge in [-0.15, -0.1) is 0 Å². The summed E-state index contributed by atoms with van der Waals surface area (Å²) in [7, 11) is 3.23. The maximum absolute atomic E-state index is 13.1. The van der Waals surface area contributed by atoms with Gasteiger partial charge in [-0.1, -0.05) is 23.7 Å². The van der Waals surface area contributed by atoms with Gasteiger partial charge in [0.05, 0.1) is 30.5 Å². The quantitative estimate of drug-likeness (QED) is 0.487. The second-order valence-corrected chi connectivity index (χ2v) is 9.89. The van der Waals surface area contributed by atoms with Crippen LogP contribution in [0.15, 0.2) is 40.5 Å². The molecule has 1 aromatic rings. The highest BCUT2D eigenvalue weighted by Gasteiger charge is 2.37. The SMILES string of the molecule is COC1=NC(C)=C(C(=O)OC(C)C)C(c2cccc(Cl)c2)N1CCCN(C)C(=O)OC(C)(C)C. The summed E-state index contributed by atoms with van der Waals surface area (Å²) in [5, 5.41) is 0.554. The third-order valence-corrected chi connectivity index (χ3v) is 5.23. The van der Waals surface area contributed by atoms with Gasteiger partial charge in [-0.05, 0) is 65.7 Å². The lowest BCUT2D eigenvalue weighted by atomic mass is 9.94. The van der Waals surface area contributed by atoms with E-state index in [9.17, 15) is 9.59 Å². The van der Waals surface area contributed by atoms with Gasteiger partial charge in [-0.3, -0.25) is 0 Å². The molecule has 0 spiro atoms. The molecule has 1 atom stereocenters. The van der Waals surface area contributed by atoms with Crippen molar-refractivity contribution in [1.29, 1.82) is 0 Å². The van der Waals surface area contributed by atoms with E-state index in [1.807, 2.05) is 43.9 Å². The Labute approximate surface area is 207 Å². The van der Waals surface area contributed by atoms with E-state index in [-0.39, 0.29) is 6.10 Å². The van der Waals surface area contributed by atoms with Crippen molar-refractivity contribution in [2.75, 3.05) is 27.2 Å². The molecular weight excluding hydrogens is 458 g/mol. The number of carbonyl (C=O) groups is 2. The summed E-state index contributed by atoms with van der Waals surface area (Å²) in [5.41, 5.74) is 1.19. The first-order chi connectivity index (χ1) is 15.8. The van der Waals surface area contributed by atoms with E-state index in [1.165, 1.54) is 4.90 Å². The predicted molar refractivity (Wildman–Crippen MR) is 133 cm³/mol. The number of aliphatic imine (C=N–C) groups is 1. The normalized spacial score (nSPS) is 16.4. The Kier molecular flexibility index (Phi) is 9.38. The van der Waals surface area contributed by atoms with Crippen LogP contribution in [0.4, 0.5) is 4.79 Å². The zero-order valence-electron chi connectivity index (χ0n) is 21.3. The average molecular weight is 494 g/mol. The number of methoxy groups -OCH3 is 1. The van der Waals surface area contributed by atoms with Crippen LogP contribution in [-0.2, 0) is 19.0 Å². The smallest absolute Gasteiger partial charge is 0.410 e. The number of amides is 1. The third-order valence-electron chi connectivity index (χ3n) is 4.99. The monoisotopic (exact) mass is 493 g/mol. The van der Waals surface area contributed by atoms with Crippen LogP contribution >= 0.6 is 11.6 Å². The van der Waals surface area contributed by atoms with Crippen LogP contribution in [-0.4, -0.2) is 66.8 Å². The minimum absolute atomic E-state index is 0.281. The number of benzene rings is 1. The molecule has 0 fully saturated rings. The number of rotatable bonds is 7.